The summed E-state index contributed by atoms with van der Waals surface area (Å²) in [6.45, 7) is 0.729. The van der Waals surface area contributed by atoms with Crippen LogP contribution in [0.25, 0.3) is 0 Å². The molecule has 0 aliphatic rings. The van der Waals surface area contributed by atoms with Crippen molar-refractivity contribution in [3.8, 4) is 11.8 Å². The van der Waals surface area contributed by atoms with Gasteiger partial charge in [0.25, 0.3) is 0 Å². The third-order valence-electron chi connectivity index (χ3n) is 3.76. The molecule has 2 amide bonds. The van der Waals surface area contributed by atoms with Crippen LogP contribution in [0, 0.1) is 0 Å². The minimum Gasteiger partial charge on any atom is -0.473 e. The van der Waals surface area contributed by atoms with Crippen LogP contribution in [0.5, 0.6) is 11.8 Å². The van der Waals surface area contributed by atoms with Crippen LogP contribution < -0.4 is 20.1 Å². The van der Waals surface area contributed by atoms with Crippen molar-refractivity contribution in [2.24, 2.45) is 0 Å². The number of urea groups is 1. The Balaban J connectivity index is 1.74. The lowest BCUT2D eigenvalue weighted by Gasteiger charge is -2.13. The van der Waals surface area contributed by atoms with E-state index in [0.29, 0.717) is 30.7 Å². The summed E-state index contributed by atoms with van der Waals surface area (Å²) in [4.78, 5) is 16.1. The van der Waals surface area contributed by atoms with Gasteiger partial charge in [-0.15, -0.1) is 0 Å². The molecular formula is C21H21N3O3. The number of benzene rings is 2. The molecule has 0 atom stereocenters. The van der Waals surface area contributed by atoms with Crippen LogP contribution >= 0.6 is 0 Å². The fourth-order valence-corrected chi connectivity index (χ4v) is 2.35. The van der Waals surface area contributed by atoms with Crippen molar-refractivity contribution in [1.82, 2.24) is 10.3 Å². The van der Waals surface area contributed by atoms with E-state index in [2.05, 4.69) is 15.6 Å². The van der Waals surface area contributed by atoms with Gasteiger partial charge >= 0.3 is 6.03 Å². The van der Waals surface area contributed by atoms with E-state index in [-0.39, 0.29) is 6.03 Å². The number of nitrogens with one attached hydrogen (secondary N) is 2. The Morgan fingerprint density at radius 3 is 2.04 bits per heavy atom. The van der Waals surface area contributed by atoms with E-state index in [1.165, 1.54) is 0 Å². The molecule has 1 aromatic heterocycles. The van der Waals surface area contributed by atoms with E-state index in [0.717, 1.165) is 11.1 Å². The molecule has 0 radical (unpaired) electrons. The number of anilines is 1. The highest BCUT2D eigenvalue weighted by atomic mass is 16.5. The predicted molar refractivity (Wildman–Crippen MR) is 104 cm³/mol. The summed E-state index contributed by atoms with van der Waals surface area (Å²) in [5.41, 5.74) is 2.51. The number of nitrogens with zero attached hydrogens (tertiary/aromatic N) is 1. The first kappa shape index (κ1) is 18.3. The van der Waals surface area contributed by atoms with Gasteiger partial charge in [-0.3, -0.25) is 0 Å². The SMILES string of the molecule is CNC(=O)Nc1ccc(OCc2ccccc2)nc1OCc1ccccc1. The summed E-state index contributed by atoms with van der Waals surface area (Å²) in [5.74, 6) is 0.720. The van der Waals surface area contributed by atoms with Crippen LogP contribution in [0.1, 0.15) is 11.1 Å². The van der Waals surface area contributed by atoms with E-state index in [1.54, 1.807) is 19.2 Å². The molecule has 0 saturated heterocycles. The monoisotopic (exact) mass is 363 g/mol. The van der Waals surface area contributed by atoms with Gasteiger partial charge in [0, 0.05) is 13.1 Å². The molecule has 6 heteroatoms. The van der Waals surface area contributed by atoms with Gasteiger partial charge < -0.3 is 20.1 Å². The second kappa shape index (κ2) is 9.24. The van der Waals surface area contributed by atoms with Gasteiger partial charge in [0.2, 0.25) is 11.8 Å². The average Bonchev–Trinajstić information content (AvgIpc) is 2.73. The molecule has 6 nitrogen and oxygen atoms in total. The average molecular weight is 363 g/mol. The zero-order valence-electron chi connectivity index (χ0n) is 15.0. The number of rotatable bonds is 7. The van der Waals surface area contributed by atoms with Gasteiger partial charge in [-0.05, 0) is 17.2 Å². The summed E-state index contributed by atoms with van der Waals surface area (Å²) < 4.78 is 11.6. The second-order valence-corrected chi connectivity index (χ2v) is 5.75. The van der Waals surface area contributed by atoms with Gasteiger partial charge in [-0.1, -0.05) is 60.7 Å². The lowest BCUT2D eigenvalue weighted by atomic mass is 10.2. The van der Waals surface area contributed by atoms with Gasteiger partial charge in [0.1, 0.15) is 18.9 Å². The molecule has 0 unspecified atom stereocenters. The number of pyridine rings is 1. The summed E-state index contributed by atoms with van der Waals surface area (Å²) in [6.07, 6.45) is 0. The molecule has 3 rings (SSSR count). The molecule has 0 fully saturated rings. The molecule has 2 N–H and O–H groups in total. The van der Waals surface area contributed by atoms with E-state index >= 15 is 0 Å². The number of hydrogen-bond acceptors (Lipinski definition) is 4. The number of carbonyl (C=O) groups excluding carboxylic acids is 1. The first-order valence-corrected chi connectivity index (χ1v) is 8.58. The van der Waals surface area contributed by atoms with E-state index in [1.807, 2.05) is 60.7 Å². The Labute approximate surface area is 158 Å². The zero-order chi connectivity index (χ0) is 18.9. The molecule has 27 heavy (non-hydrogen) atoms. The van der Waals surface area contributed by atoms with Crippen molar-refractivity contribution in [3.05, 3.63) is 83.9 Å². The maximum Gasteiger partial charge on any atom is 0.319 e. The first-order valence-electron chi connectivity index (χ1n) is 8.58. The van der Waals surface area contributed by atoms with Crippen LogP contribution in [0.2, 0.25) is 0 Å². The fraction of sp³-hybridized carbons (Fsp3) is 0.143. The van der Waals surface area contributed by atoms with Crippen molar-refractivity contribution >= 4 is 11.7 Å². The van der Waals surface area contributed by atoms with Gasteiger partial charge in [-0.2, -0.15) is 4.98 Å². The predicted octanol–water partition coefficient (Wildman–Crippen LogP) is 3.99. The molecule has 0 aliphatic carbocycles. The molecule has 3 aromatic rings. The molecule has 1 heterocycles. The minimum atomic E-state index is -0.348. The summed E-state index contributed by atoms with van der Waals surface area (Å²) in [5, 5.41) is 5.22. The summed E-state index contributed by atoms with van der Waals surface area (Å²) in [6, 6.07) is 22.6. The summed E-state index contributed by atoms with van der Waals surface area (Å²) in [7, 11) is 1.55. The first-order chi connectivity index (χ1) is 13.2. The third-order valence-corrected chi connectivity index (χ3v) is 3.76. The maximum atomic E-state index is 11.7. The van der Waals surface area contributed by atoms with Crippen molar-refractivity contribution in [2.75, 3.05) is 12.4 Å². The number of hydrogen-bond donors (Lipinski definition) is 2. The standard InChI is InChI=1S/C21H21N3O3/c1-22-21(25)23-18-12-13-19(26-14-16-8-4-2-5-9-16)24-20(18)27-15-17-10-6-3-7-11-17/h2-13H,14-15H2,1H3,(H2,22,23,25). The van der Waals surface area contributed by atoms with Crippen LogP contribution in [0.15, 0.2) is 72.8 Å². The molecule has 0 bridgehead atoms. The Kier molecular flexibility index (Phi) is 6.25. The maximum absolute atomic E-state index is 11.7. The Morgan fingerprint density at radius 1 is 0.852 bits per heavy atom. The molecule has 138 valence electrons. The number of carbonyl (C=O) groups is 1. The van der Waals surface area contributed by atoms with Gasteiger partial charge in [0.15, 0.2) is 0 Å². The van der Waals surface area contributed by atoms with E-state index in [4.69, 9.17) is 9.47 Å². The van der Waals surface area contributed by atoms with Crippen molar-refractivity contribution in [2.45, 2.75) is 13.2 Å². The lowest BCUT2D eigenvalue weighted by molar-refractivity contribution is 0.252. The van der Waals surface area contributed by atoms with Crippen molar-refractivity contribution < 1.29 is 14.3 Å². The quantitative estimate of drug-likeness (QED) is 0.666. The topological polar surface area (TPSA) is 72.5 Å². The highest BCUT2D eigenvalue weighted by Gasteiger charge is 2.11. The van der Waals surface area contributed by atoms with Crippen LogP contribution in [0.4, 0.5) is 10.5 Å². The zero-order valence-corrected chi connectivity index (χ0v) is 15.0. The Morgan fingerprint density at radius 2 is 1.44 bits per heavy atom. The van der Waals surface area contributed by atoms with Crippen LogP contribution in [-0.4, -0.2) is 18.1 Å². The smallest absolute Gasteiger partial charge is 0.319 e. The van der Waals surface area contributed by atoms with Crippen LogP contribution in [-0.2, 0) is 13.2 Å². The molecule has 0 aliphatic heterocycles. The lowest BCUT2D eigenvalue weighted by Crippen LogP contribution is -2.25. The highest BCUT2D eigenvalue weighted by Crippen LogP contribution is 2.26. The number of aromatic nitrogens is 1. The fourth-order valence-electron chi connectivity index (χ4n) is 2.35. The third kappa shape index (κ3) is 5.47. The minimum absolute atomic E-state index is 0.299. The Bertz CT molecular complexity index is 870. The summed E-state index contributed by atoms with van der Waals surface area (Å²) >= 11 is 0. The van der Waals surface area contributed by atoms with Gasteiger partial charge in [-0.25, -0.2) is 4.79 Å². The number of amides is 2. The largest absolute Gasteiger partial charge is 0.473 e. The molecule has 0 spiro atoms. The van der Waals surface area contributed by atoms with Crippen molar-refractivity contribution in [3.63, 3.8) is 0 Å². The number of ether oxygens (including phenoxy) is 2. The second-order valence-electron chi connectivity index (χ2n) is 5.75. The highest BCUT2D eigenvalue weighted by molar-refractivity contribution is 5.90. The molecular weight excluding hydrogens is 342 g/mol. The van der Waals surface area contributed by atoms with E-state index in [9.17, 15) is 4.79 Å². The van der Waals surface area contributed by atoms with Crippen molar-refractivity contribution in [1.29, 1.82) is 0 Å². The molecule has 0 saturated carbocycles. The van der Waals surface area contributed by atoms with Gasteiger partial charge in [0.05, 0.1) is 0 Å². The van der Waals surface area contributed by atoms with E-state index < -0.39 is 0 Å². The Hall–Kier alpha value is -3.54. The molecule has 2 aromatic carbocycles. The van der Waals surface area contributed by atoms with Crippen LogP contribution in [0.3, 0.4) is 0 Å². The normalized spacial score (nSPS) is 10.1.